The number of hydrogen-bond donors (Lipinski definition) is 2. The van der Waals surface area contributed by atoms with E-state index < -0.39 is 0 Å². The van der Waals surface area contributed by atoms with Gasteiger partial charge in [0.25, 0.3) is 0 Å². The molecule has 4 heterocycles. The molecule has 4 aromatic rings. The SMILES string of the molecule is COc1cc(N2CCC(N3CCN(C)CC3)CC2)ccc1Nc1ncc(Cl)c(Nc2ccc3nccnc3c2N(SC)C2CC2)n1. The van der Waals surface area contributed by atoms with Crippen molar-refractivity contribution in [1.29, 1.82) is 0 Å². The minimum absolute atomic E-state index is 0.414. The third kappa shape index (κ3) is 6.62. The highest BCUT2D eigenvalue weighted by Gasteiger charge is 2.32. The van der Waals surface area contributed by atoms with E-state index in [1.807, 2.05) is 18.2 Å². The summed E-state index contributed by atoms with van der Waals surface area (Å²) in [5.74, 6) is 1.65. The zero-order chi connectivity index (χ0) is 31.6. The number of ether oxygens (including phenoxy) is 1. The van der Waals surface area contributed by atoms with Crippen molar-refractivity contribution in [3.63, 3.8) is 0 Å². The molecule has 0 atom stereocenters. The van der Waals surface area contributed by atoms with Crippen LogP contribution < -0.4 is 24.6 Å². The van der Waals surface area contributed by atoms with Crippen LogP contribution in [0.1, 0.15) is 25.7 Å². The molecule has 2 N–H and O–H groups in total. The first-order valence-corrected chi connectivity index (χ1v) is 17.6. The topological polar surface area (TPSA) is 97.8 Å². The van der Waals surface area contributed by atoms with Crippen LogP contribution in [-0.4, -0.2) is 102 Å². The van der Waals surface area contributed by atoms with Crippen LogP contribution in [0.2, 0.25) is 5.02 Å². The molecule has 2 aromatic carbocycles. The highest BCUT2D eigenvalue weighted by atomic mass is 35.5. The zero-order valence-corrected chi connectivity index (χ0v) is 28.2. The fourth-order valence-electron chi connectivity index (χ4n) is 6.50. The molecule has 11 nitrogen and oxygen atoms in total. The van der Waals surface area contributed by atoms with Gasteiger partial charge in [-0.05, 0) is 57.0 Å². The number of methoxy groups -OCH3 is 1. The summed E-state index contributed by atoms with van der Waals surface area (Å²) < 4.78 is 8.14. The summed E-state index contributed by atoms with van der Waals surface area (Å²) in [7, 11) is 3.91. The number of piperidine rings is 1. The molecule has 3 aliphatic rings. The number of benzene rings is 2. The van der Waals surface area contributed by atoms with Crippen molar-refractivity contribution in [3.8, 4) is 5.75 Å². The number of rotatable bonds is 10. The normalized spacial score (nSPS) is 18.1. The number of piperazine rings is 1. The maximum Gasteiger partial charge on any atom is 0.229 e. The Kier molecular flexibility index (Phi) is 9.21. The minimum atomic E-state index is 0.414. The molecule has 0 unspecified atom stereocenters. The van der Waals surface area contributed by atoms with Gasteiger partial charge in [-0.25, -0.2) is 4.98 Å². The molecule has 2 aromatic heterocycles. The molecule has 242 valence electrons. The second kappa shape index (κ2) is 13.6. The fraction of sp³-hybridized carbons (Fsp3) is 0.455. The minimum Gasteiger partial charge on any atom is -0.494 e. The average molecular weight is 661 g/mol. The Morgan fingerprint density at radius 2 is 1.67 bits per heavy atom. The van der Waals surface area contributed by atoms with Gasteiger partial charge in [0.05, 0.1) is 35.9 Å². The monoisotopic (exact) mass is 660 g/mol. The number of aromatic nitrogens is 4. The largest absolute Gasteiger partial charge is 0.494 e. The third-order valence-electron chi connectivity index (χ3n) is 9.22. The van der Waals surface area contributed by atoms with Crippen molar-refractivity contribution in [2.75, 3.05) is 79.5 Å². The standard InChI is InChI=1S/C33H41ClN10OS/c1-41-16-18-43(19-17-41)22-10-14-42(15-11-22)24-6-7-26(29(20-24)45-2)39-33-37-21-25(34)32(40-33)38-28-9-8-27-30(36-13-12-35-27)31(28)44(46-3)23-4-5-23/h6-9,12-13,20-23H,4-5,10-11,14-19H2,1-3H3,(H2,37,38,39,40). The van der Waals surface area contributed by atoms with E-state index in [0.29, 0.717) is 28.9 Å². The lowest BCUT2D eigenvalue weighted by molar-refractivity contribution is 0.0982. The van der Waals surface area contributed by atoms with Crippen LogP contribution in [0.25, 0.3) is 11.0 Å². The summed E-state index contributed by atoms with van der Waals surface area (Å²) in [5.41, 5.74) is 5.48. The number of nitrogens with one attached hydrogen (secondary N) is 2. The maximum absolute atomic E-state index is 6.64. The van der Waals surface area contributed by atoms with Crippen LogP contribution in [0.4, 0.5) is 34.5 Å². The van der Waals surface area contributed by atoms with Gasteiger partial charge in [-0.15, -0.1) is 0 Å². The van der Waals surface area contributed by atoms with Gasteiger partial charge in [0, 0.05) is 81.8 Å². The van der Waals surface area contributed by atoms with E-state index in [4.69, 9.17) is 21.3 Å². The van der Waals surface area contributed by atoms with Crippen molar-refractivity contribution >= 4 is 69.1 Å². The van der Waals surface area contributed by atoms with Crippen molar-refractivity contribution in [2.24, 2.45) is 0 Å². The highest BCUT2D eigenvalue weighted by molar-refractivity contribution is 8.00. The van der Waals surface area contributed by atoms with E-state index in [0.717, 1.165) is 72.9 Å². The van der Waals surface area contributed by atoms with Crippen LogP contribution in [0, 0.1) is 0 Å². The van der Waals surface area contributed by atoms with Gasteiger partial charge in [0.15, 0.2) is 5.82 Å². The molecular weight excluding hydrogens is 620 g/mol. The van der Waals surface area contributed by atoms with Gasteiger partial charge < -0.3 is 29.5 Å². The van der Waals surface area contributed by atoms with Gasteiger partial charge in [0.2, 0.25) is 5.95 Å². The molecule has 1 aliphatic carbocycles. The van der Waals surface area contributed by atoms with Gasteiger partial charge in [-0.2, -0.15) is 4.98 Å². The predicted molar refractivity (Wildman–Crippen MR) is 189 cm³/mol. The molecule has 2 aliphatic heterocycles. The number of likely N-dealkylation sites (N-methyl/N-ethyl adjacent to an activating group) is 1. The van der Waals surface area contributed by atoms with Gasteiger partial charge in [-0.3, -0.25) is 14.9 Å². The smallest absolute Gasteiger partial charge is 0.229 e. The molecule has 46 heavy (non-hydrogen) atoms. The molecule has 7 rings (SSSR count). The molecule has 0 amide bonds. The Bertz CT molecular complexity index is 1670. The van der Waals surface area contributed by atoms with Crippen molar-refractivity contribution < 1.29 is 4.74 Å². The lowest BCUT2D eigenvalue weighted by Crippen LogP contribution is -2.52. The van der Waals surface area contributed by atoms with Crippen LogP contribution in [0.15, 0.2) is 48.9 Å². The van der Waals surface area contributed by atoms with Crippen molar-refractivity contribution in [1.82, 2.24) is 29.7 Å². The zero-order valence-electron chi connectivity index (χ0n) is 26.6. The summed E-state index contributed by atoms with van der Waals surface area (Å²) in [4.78, 5) is 26.0. The summed E-state index contributed by atoms with van der Waals surface area (Å²) in [6.07, 6.45) is 11.8. The van der Waals surface area contributed by atoms with Crippen LogP contribution in [0.5, 0.6) is 5.75 Å². The Balaban J connectivity index is 1.08. The first kappa shape index (κ1) is 31.0. The fourth-order valence-corrected chi connectivity index (χ4v) is 7.51. The van der Waals surface area contributed by atoms with Gasteiger partial charge >= 0.3 is 0 Å². The lowest BCUT2D eigenvalue weighted by atomic mass is 10.0. The second-order valence-electron chi connectivity index (χ2n) is 12.2. The molecule has 0 spiro atoms. The van der Waals surface area contributed by atoms with Crippen LogP contribution >= 0.6 is 23.5 Å². The Hall–Kier alpha value is -3.58. The molecular formula is C33H41ClN10OS. The van der Waals surface area contributed by atoms with E-state index in [-0.39, 0.29) is 0 Å². The Morgan fingerprint density at radius 3 is 2.41 bits per heavy atom. The van der Waals surface area contributed by atoms with E-state index in [1.54, 1.807) is 37.6 Å². The molecule has 3 fully saturated rings. The highest BCUT2D eigenvalue weighted by Crippen LogP contribution is 2.44. The van der Waals surface area contributed by atoms with Crippen molar-refractivity contribution in [3.05, 3.63) is 53.9 Å². The summed E-state index contributed by atoms with van der Waals surface area (Å²) >= 11 is 8.33. The summed E-state index contributed by atoms with van der Waals surface area (Å²) in [6.45, 7) is 6.76. The van der Waals surface area contributed by atoms with E-state index in [9.17, 15) is 0 Å². The first-order chi connectivity index (χ1) is 22.5. The van der Waals surface area contributed by atoms with Crippen molar-refractivity contribution in [2.45, 2.75) is 37.8 Å². The first-order valence-electron chi connectivity index (χ1n) is 16.0. The molecule has 2 saturated heterocycles. The number of anilines is 6. The quantitative estimate of drug-likeness (QED) is 0.194. The van der Waals surface area contributed by atoms with E-state index >= 15 is 0 Å². The number of hydrogen-bond acceptors (Lipinski definition) is 12. The molecule has 1 saturated carbocycles. The maximum atomic E-state index is 6.64. The average Bonchev–Trinajstić information content (AvgIpc) is 3.93. The molecule has 0 bridgehead atoms. The van der Waals surface area contributed by atoms with Crippen LogP contribution in [0.3, 0.4) is 0 Å². The van der Waals surface area contributed by atoms with Crippen LogP contribution in [-0.2, 0) is 0 Å². The summed E-state index contributed by atoms with van der Waals surface area (Å²) in [5, 5.41) is 7.25. The molecule has 13 heteroatoms. The number of halogens is 1. The van der Waals surface area contributed by atoms with Gasteiger partial charge in [0.1, 0.15) is 16.3 Å². The van der Waals surface area contributed by atoms with E-state index in [2.05, 4.69) is 70.0 Å². The Labute approximate surface area is 279 Å². The number of fused-ring (bicyclic) bond motifs is 1. The second-order valence-corrected chi connectivity index (χ2v) is 13.4. The predicted octanol–water partition coefficient (Wildman–Crippen LogP) is 6.03. The third-order valence-corrected chi connectivity index (χ3v) is 10.4. The molecule has 0 radical (unpaired) electrons. The van der Waals surface area contributed by atoms with Gasteiger partial charge in [-0.1, -0.05) is 23.5 Å². The lowest BCUT2D eigenvalue weighted by Gasteiger charge is -2.42. The Morgan fingerprint density at radius 1 is 0.913 bits per heavy atom. The summed E-state index contributed by atoms with van der Waals surface area (Å²) in [6, 6.07) is 11.4. The van der Waals surface area contributed by atoms with E-state index in [1.165, 1.54) is 31.6 Å². The number of nitrogens with zero attached hydrogens (tertiary/aromatic N) is 8.